The molecule has 1 unspecified atom stereocenters. The zero-order valence-electron chi connectivity index (χ0n) is 15.6. The fourth-order valence-corrected chi connectivity index (χ4v) is 3.07. The average molecular weight is 367 g/mol. The molecule has 0 aliphatic carbocycles. The molecule has 3 aromatic rings. The van der Waals surface area contributed by atoms with Gasteiger partial charge in [-0.05, 0) is 43.2 Å². The van der Waals surface area contributed by atoms with Crippen LogP contribution in [0.3, 0.4) is 0 Å². The molecule has 0 spiro atoms. The second kappa shape index (κ2) is 7.70. The van der Waals surface area contributed by atoms with Crippen molar-refractivity contribution in [3.05, 3.63) is 76.1 Å². The molecule has 0 bridgehead atoms. The van der Waals surface area contributed by atoms with Crippen LogP contribution in [0.15, 0.2) is 53.6 Å². The first-order valence-corrected chi connectivity index (χ1v) is 8.84. The maximum atomic E-state index is 13.1. The SMILES string of the molecule is Cc1cccc2c(=O)n(CCC(=O)N(C)C(C)c3ccc(F)cc3)cnc12. The van der Waals surface area contributed by atoms with Gasteiger partial charge in [0.1, 0.15) is 5.82 Å². The summed E-state index contributed by atoms with van der Waals surface area (Å²) < 4.78 is 14.5. The molecule has 5 nitrogen and oxygen atoms in total. The molecule has 0 saturated carbocycles. The Morgan fingerprint density at radius 2 is 1.93 bits per heavy atom. The standard InChI is InChI=1S/C21H22FN3O2/c1-14-5-4-6-18-20(14)23-13-25(21(18)27)12-11-19(26)24(3)15(2)16-7-9-17(22)10-8-16/h4-10,13,15H,11-12H2,1-3H3. The summed E-state index contributed by atoms with van der Waals surface area (Å²) in [5.74, 6) is -0.401. The van der Waals surface area contributed by atoms with E-state index in [2.05, 4.69) is 4.98 Å². The lowest BCUT2D eigenvalue weighted by Gasteiger charge is -2.25. The topological polar surface area (TPSA) is 55.2 Å². The van der Waals surface area contributed by atoms with Crippen LogP contribution in [-0.2, 0) is 11.3 Å². The van der Waals surface area contributed by atoms with Gasteiger partial charge in [-0.15, -0.1) is 0 Å². The van der Waals surface area contributed by atoms with Crippen LogP contribution in [0.2, 0.25) is 0 Å². The molecule has 0 fully saturated rings. The third-order valence-electron chi connectivity index (χ3n) is 4.95. The lowest BCUT2D eigenvalue weighted by Crippen LogP contribution is -2.31. The number of rotatable bonds is 5. The van der Waals surface area contributed by atoms with Crippen molar-refractivity contribution in [1.82, 2.24) is 14.5 Å². The Morgan fingerprint density at radius 1 is 1.22 bits per heavy atom. The van der Waals surface area contributed by atoms with Gasteiger partial charge in [-0.25, -0.2) is 9.37 Å². The van der Waals surface area contributed by atoms with E-state index >= 15 is 0 Å². The van der Waals surface area contributed by atoms with E-state index in [9.17, 15) is 14.0 Å². The molecule has 1 aromatic heterocycles. The molecule has 0 N–H and O–H groups in total. The maximum absolute atomic E-state index is 13.1. The highest BCUT2D eigenvalue weighted by Gasteiger charge is 2.17. The van der Waals surface area contributed by atoms with Crippen molar-refractivity contribution < 1.29 is 9.18 Å². The number of halogens is 1. The van der Waals surface area contributed by atoms with E-state index in [1.165, 1.54) is 23.0 Å². The molecule has 3 rings (SSSR count). The van der Waals surface area contributed by atoms with E-state index in [0.717, 1.165) is 11.1 Å². The number of carbonyl (C=O) groups is 1. The normalized spacial score (nSPS) is 12.1. The third-order valence-corrected chi connectivity index (χ3v) is 4.95. The van der Waals surface area contributed by atoms with Crippen molar-refractivity contribution in [3.63, 3.8) is 0 Å². The van der Waals surface area contributed by atoms with Crippen LogP contribution >= 0.6 is 0 Å². The van der Waals surface area contributed by atoms with Crippen molar-refractivity contribution in [1.29, 1.82) is 0 Å². The summed E-state index contributed by atoms with van der Waals surface area (Å²) in [6.07, 6.45) is 1.68. The molecule has 0 saturated heterocycles. The Hall–Kier alpha value is -3.02. The zero-order chi connectivity index (χ0) is 19.6. The van der Waals surface area contributed by atoms with Crippen molar-refractivity contribution in [2.75, 3.05) is 7.05 Å². The van der Waals surface area contributed by atoms with Crippen LogP contribution in [0.4, 0.5) is 4.39 Å². The fourth-order valence-electron chi connectivity index (χ4n) is 3.07. The van der Waals surface area contributed by atoms with Crippen LogP contribution < -0.4 is 5.56 Å². The van der Waals surface area contributed by atoms with Gasteiger partial charge in [0.2, 0.25) is 5.91 Å². The number of amides is 1. The van der Waals surface area contributed by atoms with Crippen molar-refractivity contribution in [3.8, 4) is 0 Å². The summed E-state index contributed by atoms with van der Waals surface area (Å²) in [5.41, 5.74) is 2.34. The first-order chi connectivity index (χ1) is 12.9. The molecule has 27 heavy (non-hydrogen) atoms. The van der Waals surface area contributed by atoms with E-state index in [4.69, 9.17) is 0 Å². The van der Waals surface area contributed by atoms with E-state index < -0.39 is 0 Å². The number of fused-ring (bicyclic) bond motifs is 1. The van der Waals surface area contributed by atoms with Gasteiger partial charge in [0, 0.05) is 20.0 Å². The zero-order valence-corrected chi connectivity index (χ0v) is 15.6. The first-order valence-electron chi connectivity index (χ1n) is 8.84. The lowest BCUT2D eigenvalue weighted by atomic mass is 10.1. The van der Waals surface area contributed by atoms with Crippen molar-refractivity contribution >= 4 is 16.8 Å². The summed E-state index contributed by atoms with van der Waals surface area (Å²) in [7, 11) is 1.71. The number of para-hydroxylation sites is 1. The minimum atomic E-state index is -0.307. The molecule has 0 aliphatic rings. The Morgan fingerprint density at radius 3 is 2.63 bits per heavy atom. The molecule has 1 atom stereocenters. The highest BCUT2D eigenvalue weighted by Crippen LogP contribution is 2.20. The molecular formula is C21H22FN3O2. The molecule has 1 heterocycles. The van der Waals surface area contributed by atoms with Crippen LogP contribution in [0, 0.1) is 12.7 Å². The van der Waals surface area contributed by atoms with Gasteiger partial charge in [0.25, 0.3) is 5.56 Å². The molecule has 0 radical (unpaired) electrons. The monoisotopic (exact) mass is 367 g/mol. The number of hydrogen-bond donors (Lipinski definition) is 0. The van der Waals surface area contributed by atoms with Gasteiger partial charge in [0.15, 0.2) is 0 Å². The van der Waals surface area contributed by atoms with Crippen LogP contribution in [0.25, 0.3) is 10.9 Å². The largest absolute Gasteiger partial charge is 0.339 e. The Kier molecular flexibility index (Phi) is 5.35. The first kappa shape index (κ1) is 18.8. The summed E-state index contributed by atoms with van der Waals surface area (Å²) >= 11 is 0. The number of hydrogen-bond acceptors (Lipinski definition) is 3. The second-order valence-electron chi connectivity index (χ2n) is 6.70. The van der Waals surface area contributed by atoms with Gasteiger partial charge in [-0.2, -0.15) is 0 Å². The maximum Gasteiger partial charge on any atom is 0.261 e. The van der Waals surface area contributed by atoms with Crippen LogP contribution in [-0.4, -0.2) is 27.4 Å². The molecule has 1 amide bonds. The summed E-state index contributed by atoms with van der Waals surface area (Å²) in [6.45, 7) is 4.06. The van der Waals surface area contributed by atoms with Gasteiger partial charge >= 0.3 is 0 Å². The highest BCUT2D eigenvalue weighted by atomic mass is 19.1. The van der Waals surface area contributed by atoms with Gasteiger partial charge in [-0.3, -0.25) is 14.2 Å². The van der Waals surface area contributed by atoms with Gasteiger partial charge in [-0.1, -0.05) is 24.3 Å². The fraction of sp³-hybridized carbons (Fsp3) is 0.286. The predicted octanol–water partition coefficient (Wildman–Crippen LogP) is 3.45. The quantitative estimate of drug-likeness (QED) is 0.694. The van der Waals surface area contributed by atoms with E-state index in [1.54, 1.807) is 30.1 Å². The van der Waals surface area contributed by atoms with Crippen LogP contribution in [0.1, 0.15) is 30.5 Å². The van der Waals surface area contributed by atoms with Crippen molar-refractivity contribution in [2.45, 2.75) is 32.9 Å². The predicted molar refractivity (Wildman–Crippen MR) is 103 cm³/mol. The summed E-state index contributed by atoms with van der Waals surface area (Å²) in [6, 6.07) is 11.4. The lowest BCUT2D eigenvalue weighted by molar-refractivity contribution is -0.132. The van der Waals surface area contributed by atoms with Gasteiger partial charge in [0.05, 0.1) is 23.3 Å². The number of aromatic nitrogens is 2. The number of nitrogens with zero attached hydrogens (tertiary/aromatic N) is 3. The number of carbonyl (C=O) groups excluding carboxylic acids is 1. The highest BCUT2D eigenvalue weighted by molar-refractivity contribution is 5.80. The molecular weight excluding hydrogens is 345 g/mol. The van der Waals surface area contributed by atoms with E-state index in [-0.39, 0.29) is 36.3 Å². The molecule has 2 aromatic carbocycles. The summed E-state index contributed by atoms with van der Waals surface area (Å²) in [5, 5.41) is 0.554. The smallest absolute Gasteiger partial charge is 0.261 e. The Labute approximate surface area is 157 Å². The minimum absolute atomic E-state index is 0.0944. The number of aryl methyl sites for hydroxylation is 2. The minimum Gasteiger partial charge on any atom is -0.339 e. The molecule has 0 aliphatic heterocycles. The van der Waals surface area contributed by atoms with E-state index in [0.29, 0.717) is 10.9 Å². The average Bonchev–Trinajstić information content (AvgIpc) is 2.67. The molecule has 6 heteroatoms. The summed E-state index contributed by atoms with van der Waals surface area (Å²) in [4.78, 5) is 31.1. The van der Waals surface area contributed by atoms with Crippen molar-refractivity contribution in [2.24, 2.45) is 0 Å². The number of benzene rings is 2. The Balaban J connectivity index is 1.71. The van der Waals surface area contributed by atoms with Gasteiger partial charge < -0.3 is 4.90 Å². The third kappa shape index (κ3) is 3.89. The van der Waals surface area contributed by atoms with Crippen LogP contribution in [0.5, 0.6) is 0 Å². The second-order valence-corrected chi connectivity index (χ2v) is 6.70. The Bertz CT molecular complexity index is 1030. The van der Waals surface area contributed by atoms with E-state index in [1.807, 2.05) is 26.0 Å². The molecule has 140 valence electrons.